The summed E-state index contributed by atoms with van der Waals surface area (Å²) in [6, 6.07) is 8.48. The Bertz CT molecular complexity index is 709. The van der Waals surface area contributed by atoms with Gasteiger partial charge in [-0.2, -0.15) is 0 Å². The number of likely N-dealkylation sites (tertiary alicyclic amines) is 1. The summed E-state index contributed by atoms with van der Waals surface area (Å²) in [4.78, 5) is 2.57. The molecule has 138 valence electrons. The average molecular weight is 349 g/mol. The van der Waals surface area contributed by atoms with E-state index in [0.29, 0.717) is 0 Å². The molecule has 2 aliphatic rings. The maximum absolute atomic E-state index is 6.22. The van der Waals surface area contributed by atoms with Crippen molar-refractivity contribution in [1.82, 2.24) is 4.90 Å². The Morgan fingerprint density at radius 1 is 1.15 bits per heavy atom. The highest BCUT2D eigenvalue weighted by molar-refractivity contribution is 6.18. The highest BCUT2D eigenvalue weighted by Crippen LogP contribution is 2.31. The van der Waals surface area contributed by atoms with Gasteiger partial charge in [0.15, 0.2) is 0 Å². The van der Waals surface area contributed by atoms with Gasteiger partial charge < -0.3 is 4.74 Å². The molecule has 2 nitrogen and oxygen atoms in total. The summed E-state index contributed by atoms with van der Waals surface area (Å²) in [5, 5.41) is 0.102. The van der Waals surface area contributed by atoms with Gasteiger partial charge in [0, 0.05) is 5.54 Å². The molecular weight excluding hydrogens is 317 g/mol. The van der Waals surface area contributed by atoms with Crippen molar-refractivity contribution in [1.29, 1.82) is 0 Å². The van der Waals surface area contributed by atoms with Crippen molar-refractivity contribution >= 4 is 13.4 Å². The predicted molar refractivity (Wildman–Crippen MR) is 115 cm³/mol. The minimum absolute atomic E-state index is 0.0741. The lowest BCUT2D eigenvalue weighted by molar-refractivity contribution is 0.0515. The third-order valence-corrected chi connectivity index (χ3v) is 5.47. The minimum Gasteiger partial charge on any atom is -0.492 e. The van der Waals surface area contributed by atoms with Gasteiger partial charge in [0.05, 0.1) is 0 Å². The van der Waals surface area contributed by atoms with Crippen LogP contribution in [0.4, 0.5) is 0 Å². The second-order valence-electron chi connectivity index (χ2n) is 8.81. The number of ether oxygens (including phenoxy) is 1. The zero-order valence-corrected chi connectivity index (χ0v) is 16.8. The normalized spacial score (nSPS) is 24.2. The van der Waals surface area contributed by atoms with Gasteiger partial charge in [-0.25, -0.2) is 0 Å². The van der Waals surface area contributed by atoms with E-state index in [1.54, 1.807) is 0 Å². The van der Waals surface area contributed by atoms with Crippen molar-refractivity contribution < 1.29 is 4.74 Å². The van der Waals surface area contributed by atoms with Gasteiger partial charge in [-0.15, -0.1) is 0 Å². The van der Waals surface area contributed by atoms with E-state index in [9.17, 15) is 0 Å². The molecule has 1 saturated heterocycles. The van der Waals surface area contributed by atoms with Crippen LogP contribution >= 0.6 is 0 Å². The minimum atomic E-state index is 0.0741. The number of allylic oxidation sites excluding steroid dienone is 6. The second-order valence-corrected chi connectivity index (χ2v) is 8.81. The van der Waals surface area contributed by atoms with Gasteiger partial charge in [0.1, 0.15) is 20.2 Å². The number of hydrogen-bond acceptors (Lipinski definition) is 2. The molecule has 0 saturated carbocycles. The van der Waals surface area contributed by atoms with E-state index >= 15 is 0 Å². The molecule has 3 heteroatoms. The van der Waals surface area contributed by atoms with E-state index in [2.05, 4.69) is 88.2 Å². The van der Waals surface area contributed by atoms with Crippen molar-refractivity contribution in [2.75, 3.05) is 19.7 Å². The maximum Gasteiger partial charge on any atom is 0.120 e. The molecule has 1 aliphatic heterocycles. The lowest BCUT2D eigenvalue weighted by Crippen LogP contribution is -2.50. The van der Waals surface area contributed by atoms with Crippen LogP contribution < -0.4 is 4.74 Å². The molecule has 0 spiro atoms. The number of hydrogen-bond donors (Lipinski definition) is 0. The Balaban J connectivity index is 1.68. The first-order valence-electron chi connectivity index (χ1n) is 9.93. The molecule has 1 unspecified atom stereocenters. The average Bonchev–Trinajstić information content (AvgIpc) is 2.82. The highest BCUT2D eigenvalue weighted by Gasteiger charge is 2.28. The summed E-state index contributed by atoms with van der Waals surface area (Å²) < 4.78 is 6.22. The molecule has 1 fully saturated rings. The van der Waals surface area contributed by atoms with Gasteiger partial charge in [0.25, 0.3) is 0 Å². The standard InChI is InChI=1S/C23H32BNO/c1-22(2,25-15-5-4-6-16-25)18-26-21-11-7-9-20(17-21)19-10-8-13-23(3,24)14-12-19/h7-14,17H,4-6,15-16,18,24H2,1-3H3. The van der Waals surface area contributed by atoms with Gasteiger partial charge >= 0.3 is 0 Å². The summed E-state index contributed by atoms with van der Waals surface area (Å²) in [6.07, 6.45) is 15.0. The monoisotopic (exact) mass is 349 g/mol. The molecule has 0 amide bonds. The smallest absolute Gasteiger partial charge is 0.120 e. The molecule has 0 bridgehead atoms. The van der Waals surface area contributed by atoms with Crippen LogP contribution in [0, 0.1) is 0 Å². The lowest BCUT2D eigenvalue weighted by atomic mass is 9.70. The molecule has 0 aromatic heterocycles. The first-order valence-corrected chi connectivity index (χ1v) is 9.93. The van der Waals surface area contributed by atoms with Gasteiger partial charge in [-0.05, 0) is 68.4 Å². The fourth-order valence-electron chi connectivity index (χ4n) is 3.62. The SMILES string of the molecule is BC1(C)C=CC=C(c2cccc(OCC(C)(C)N3CCCCC3)c2)C=C1. The zero-order chi connectivity index (χ0) is 18.6. The van der Waals surface area contributed by atoms with Crippen molar-refractivity contribution in [3.63, 3.8) is 0 Å². The van der Waals surface area contributed by atoms with Crippen LogP contribution in [0.1, 0.15) is 45.6 Å². The molecule has 1 aromatic carbocycles. The topological polar surface area (TPSA) is 12.5 Å². The van der Waals surface area contributed by atoms with E-state index < -0.39 is 0 Å². The molecule has 1 atom stereocenters. The Morgan fingerprint density at radius 2 is 1.92 bits per heavy atom. The quantitative estimate of drug-likeness (QED) is 0.718. The van der Waals surface area contributed by atoms with Crippen LogP contribution in [0.2, 0.25) is 5.31 Å². The first kappa shape index (κ1) is 19.0. The summed E-state index contributed by atoms with van der Waals surface area (Å²) >= 11 is 0. The fourth-order valence-corrected chi connectivity index (χ4v) is 3.62. The van der Waals surface area contributed by atoms with E-state index in [-0.39, 0.29) is 10.9 Å². The molecule has 26 heavy (non-hydrogen) atoms. The number of benzene rings is 1. The van der Waals surface area contributed by atoms with Crippen molar-refractivity contribution in [2.45, 2.75) is 50.9 Å². The van der Waals surface area contributed by atoms with E-state index in [0.717, 1.165) is 12.4 Å². The van der Waals surface area contributed by atoms with Gasteiger partial charge in [-0.1, -0.05) is 55.9 Å². The first-order chi connectivity index (χ1) is 12.4. The summed E-state index contributed by atoms with van der Waals surface area (Å²) in [5.74, 6) is 0.953. The van der Waals surface area contributed by atoms with Crippen LogP contribution in [-0.2, 0) is 0 Å². The predicted octanol–water partition coefficient (Wildman–Crippen LogP) is 4.65. The van der Waals surface area contributed by atoms with Crippen molar-refractivity contribution in [3.05, 3.63) is 60.2 Å². The van der Waals surface area contributed by atoms with Crippen LogP contribution in [0.5, 0.6) is 5.75 Å². The Hall–Kier alpha value is -1.74. The van der Waals surface area contributed by atoms with Crippen LogP contribution in [0.15, 0.2) is 54.6 Å². The van der Waals surface area contributed by atoms with E-state index in [4.69, 9.17) is 4.74 Å². The Kier molecular flexibility index (Phi) is 5.77. The van der Waals surface area contributed by atoms with Crippen molar-refractivity contribution in [3.8, 4) is 5.75 Å². The molecular formula is C23H32BNO. The largest absolute Gasteiger partial charge is 0.492 e. The summed E-state index contributed by atoms with van der Waals surface area (Å²) in [5.41, 5.74) is 2.51. The molecule has 1 aromatic rings. The summed E-state index contributed by atoms with van der Waals surface area (Å²) in [7, 11) is 2.22. The van der Waals surface area contributed by atoms with Crippen LogP contribution in [0.3, 0.4) is 0 Å². The summed E-state index contributed by atoms with van der Waals surface area (Å²) in [6.45, 7) is 9.92. The highest BCUT2D eigenvalue weighted by atomic mass is 16.5. The van der Waals surface area contributed by atoms with E-state index in [1.807, 2.05) is 0 Å². The van der Waals surface area contributed by atoms with Crippen molar-refractivity contribution in [2.24, 2.45) is 0 Å². The number of piperidine rings is 1. The Morgan fingerprint density at radius 3 is 2.69 bits per heavy atom. The number of rotatable bonds is 5. The molecule has 0 radical (unpaired) electrons. The third kappa shape index (κ3) is 4.91. The molecule has 1 heterocycles. The maximum atomic E-state index is 6.22. The number of nitrogens with zero attached hydrogens (tertiary/aromatic N) is 1. The molecule has 1 aliphatic carbocycles. The fraction of sp³-hybridized carbons (Fsp3) is 0.478. The molecule has 0 N–H and O–H groups in total. The van der Waals surface area contributed by atoms with Gasteiger partial charge in [0.2, 0.25) is 0 Å². The lowest BCUT2D eigenvalue weighted by Gasteiger charge is -2.40. The van der Waals surface area contributed by atoms with E-state index in [1.165, 1.54) is 43.5 Å². The second kappa shape index (κ2) is 7.88. The van der Waals surface area contributed by atoms with Crippen LogP contribution in [-0.4, -0.2) is 38.0 Å². The van der Waals surface area contributed by atoms with Crippen LogP contribution in [0.25, 0.3) is 5.57 Å². The van der Waals surface area contributed by atoms with Gasteiger partial charge in [-0.3, -0.25) is 4.90 Å². The zero-order valence-electron chi connectivity index (χ0n) is 16.8. The Labute approximate surface area is 160 Å². The third-order valence-electron chi connectivity index (χ3n) is 5.47. The molecule has 3 rings (SSSR count).